The van der Waals surface area contributed by atoms with Crippen molar-refractivity contribution in [1.29, 1.82) is 0 Å². The zero-order valence-electron chi connectivity index (χ0n) is 15.3. The van der Waals surface area contributed by atoms with Crippen LogP contribution in [0.5, 0.6) is 11.5 Å². The average Bonchev–Trinajstić information content (AvgIpc) is 2.65. The summed E-state index contributed by atoms with van der Waals surface area (Å²) in [5.74, 6) is -2.13. The van der Waals surface area contributed by atoms with Gasteiger partial charge in [0.2, 0.25) is 10.0 Å². The minimum absolute atomic E-state index is 0.0852. The molecule has 0 unspecified atom stereocenters. The number of hydrogen-bond donors (Lipinski definition) is 0. The fourth-order valence-corrected chi connectivity index (χ4v) is 3.44. The van der Waals surface area contributed by atoms with Gasteiger partial charge in [0.05, 0.1) is 13.4 Å². The molecule has 1 amide bonds. The first kappa shape index (κ1) is 21.8. The van der Waals surface area contributed by atoms with Gasteiger partial charge in [-0.05, 0) is 12.1 Å². The number of carbonyl (C=O) groups excluding carboxylic acids is 2. The smallest absolute Gasteiger partial charge is 0.387 e. The SMILES string of the molecule is COc1cccc(C(=O)OCC(=O)N2CCN(S(C)(=O)=O)CC2)c1OC(F)F. The molecule has 0 aliphatic carbocycles. The van der Waals surface area contributed by atoms with Crippen molar-refractivity contribution in [2.75, 3.05) is 46.2 Å². The largest absolute Gasteiger partial charge is 0.493 e. The van der Waals surface area contributed by atoms with Gasteiger partial charge in [0.15, 0.2) is 18.1 Å². The Bertz CT molecular complexity index is 824. The highest BCUT2D eigenvalue weighted by atomic mass is 32.2. The molecule has 1 saturated heterocycles. The highest BCUT2D eigenvalue weighted by Crippen LogP contribution is 2.32. The van der Waals surface area contributed by atoms with Crippen molar-refractivity contribution >= 4 is 21.9 Å². The Morgan fingerprint density at radius 1 is 1.18 bits per heavy atom. The van der Waals surface area contributed by atoms with Gasteiger partial charge in [-0.1, -0.05) is 6.07 Å². The van der Waals surface area contributed by atoms with E-state index in [1.807, 2.05) is 0 Å². The van der Waals surface area contributed by atoms with Crippen LogP contribution in [-0.4, -0.2) is 82.3 Å². The predicted octanol–water partition coefficient (Wildman–Crippen LogP) is 0.557. The topological polar surface area (TPSA) is 102 Å². The van der Waals surface area contributed by atoms with E-state index in [9.17, 15) is 26.8 Å². The number of rotatable bonds is 7. The first-order chi connectivity index (χ1) is 13.1. The first-order valence-corrected chi connectivity index (χ1v) is 10.00. The summed E-state index contributed by atoms with van der Waals surface area (Å²) in [5.41, 5.74) is -0.311. The second-order valence-corrected chi connectivity index (χ2v) is 7.82. The van der Waals surface area contributed by atoms with Crippen LogP contribution in [0.2, 0.25) is 0 Å². The Labute approximate surface area is 160 Å². The van der Waals surface area contributed by atoms with Crippen LogP contribution in [0.1, 0.15) is 10.4 Å². The monoisotopic (exact) mass is 422 g/mol. The molecule has 1 aromatic carbocycles. The molecule has 9 nitrogen and oxygen atoms in total. The number of ether oxygens (including phenoxy) is 3. The van der Waals surface area contributed by atoms with E-state index in [1.165, 1.54) is 34.5 Å². The molecule has 1 fully saturated rings. The third-order valence-electron chi connectivity index (χ3n) is 4.01. The molecule has 1 aromatic rings. The molecule has 12 heteroatoms. The highest BCUT2D eigenvalue weighted by Gasteiger charge is 2.27. The normalized spacial score (nSPS) is 15.4. The van der Waals surface area contributed by atoms with Crippen LogP contribution >= 0.6 is 0 Å². The molecular weight excluding hydrogens is 402 g/mol. The maximum atomic E-state index is 12.6. The van der Waals surface area contributed by atoms with Gasteiger partial charge in [-0.3, -0.25) is 4.79 Å². The van der Waals surface area contributed by atoms with Crippen LogP contribution in [0.4, 0.5) is 8.78 Å². The second kappa shape index (κ2) is 9.15. The molecule has 0 atom stereocenters. The van der Waals surface area contributed by atoms with Crippen molar-refractivity contribution in [2.45, 2.75) is 6.61 Å². The van der Waals surface area contributed by atoms with Crippen molar-refractivity contribution in [1.82, 2.24) is 9.21 Å². The summed E-state index contributed by atoms with van der Waals surface area (Å²) in [6, 6.07) is 3.93. The number of sulfonamides is 1. The number of esters is 1. The number of alkyl halides is 2. The summed E-state index contributed by atoms with van der Waals surface area (Å²) in [5, 5.41) is 0. The molecule has 0 saturated carbocycles. The molecule has 156 valence electrons. The summed E-state index contributed by atoms with van der Waals surface area (Å²) in [6.45, 7) is -3.22. The summed E-state index contributed by atoms with van der Waals surface area (Å²) < 4.78 is 63.6. The summed E-state index contributed by atoms with van der Waals surface area (Å²) in [7, 11) is -2.11. The van der Waals surface area contributed by atoms with E-state index in [4.69, 9.17) is 9.47 Å². The molecule has 1 aliphatic rings. The Morgan fingerprint density at radius 3 is 2.36 bits per heavy atom. The molecular formula is C16H20F2N2O7S. The lowest BCUT2D eigenvalue weighted by molar-refractivity contribution is -0.135. The van der Waals surface area contributed by atoms with E-state index >= 15 is 0 Å². The summed E-state index contributed by atoms with van der Waals surface area (Å²) >= 11 is 0. The highest BCUT2D eigenvalue weighted by molar-refractivity contribution is 7.88. The number of amides is 1. The van der Waals surface area contributed by atoms with Crippen LogP contribution in [0.15, 0.2) is 18.2 Å². The summed E-state index contributed by atoms with van der Waals surface area (Å²) in [4.78, 5) is 25.8. The molecule has 2 rings (SSSR count). The number of piperazine rings is 1. The molecule has 0 spiro atoms. The fraction of sp³-hybridized carbons (Fsp3) is 0.500. The van der Waals surface area contributed by atoms with Gasteiger partial charge in [-0.15, -0.1) is 0 Å². The molecule has 0 radical (unpaired) electrons. The van der Waals surface area contributed by atoms with E-state index in [2.05, 4.69) is 4.74 Å². The zero-order valence-corrected chi connectivity index (χ0v) is 16.1. The van der Waals surface area contributed by atoms with E-state index in [-0.39, 0.29) is 37.5 Å². The van der Waals surface area contributed by atoms with Gasteiger partial charge in [-0.25, -0.2) is 13.2 Å². The minimum atomic E-state index is -3.34. The van der Waals surface area contributed by atoms with Gasteiger partial charge < -0.3 is 19.1 Å². The van der Waals surface area contributed by atoms with Crippen molar-refractivity contribution in [3.05, 3.63) is 23.8 Å². The maximum Gasteiger partial charge on any atom is 0.387 e. The van der Waals surface area contributed by atoms with E-state index in [0.717, 1.165) is 6.26 Å². The van der Waals surface area contributed by atoms with E-state index < -0.39 is 40.9 Å². The number of carbonyl (C=O) groups is 2. The van der Waals surface area contributed by atoms with Crippen LogP contribution in [0, 0.1) is 0 Å². The average molecular weight is 422 g/mol. The summed E-state index contributed by atoms with van der Waals surface area (Å²) in [6.07, 6.45) is 1.08. The van der Waals surface area contributed by atoms with Gasteiger partial charge in [0, 0.05) is 26.2 Å². The third-order valence-corrected chi connectivity index (χ3v) is 5.32. The molecule has 0 bridgehead atoms. The van der Waals surface area contributed by atoms with Crippen LogP contribution in [-0.2, 0) is 19.6 Å². The Kier molecular flexibility index (Phi) is 7.13. The third kappa shape index (κ3) is 5.52. The Hall–Kier alpha value is -2.47. The number of methoxy groups -OCH3 is 1. The fourth-order valence-electron chi connectivity index (χ4n) is 2.61. The number of para-hydroxylation sites is 1. The molecule has 0 N–H and O–H groups in total. The van der Waals surface area contributed by atoms with Crippen LogP contribution < -0.4 is 9.47 Å². The second-order valence-electron chi connectivity index (χ2n) is 5.83. The van der Waals surface area contributed by atoms with Crippen LogP contribution in [0.25, 0.3) is 0 Å². The lowest BCUT2D eigenvalue weighted by atomic mass is 10.2. The van der Waals surface area contributed by atoms with Gasteiger partial charge in [0.1, 0.15) is 5.56 Å². The number of benzene rings is 1. The zero-order chi connectivity index (χ0) is 20.9. The maximum absolute atomic E-state index is 12.6. The number of halogens is 2. The molecule has 28 heavy (non-hydrogen) atoms. The lowest BCUT2D eigenvalue weighted by Gasteiger charge is -2.33. The van der Waals surface area contributed by atoms with Crippen molar-refractivity contribution in [3.8, 4) is 11.5 Å². The Balaban J connectivity index is 1.98. The number of nitrogens with zero attached hydrogens (tertiary/aromatic N) is 2. The van der Waals surface area contributed by atoms with E-state index in [1.54, 1.807) is 0 Å². The Morgan fingerprint density at radius 2 is 1.82 bits per heavy atom. The predicted molar refractivity (Wildman–Crippen MR) is 92.9 cm³/mol. The van der Waals surface area contributed by atoms with Gasteiger partial charge in [-0.2, -0.15) is 13.1 Å². The van der Waals surface area contributed by atoms with E-state index in [0.29, 0.717) is 0 Å². The number of hydrogen-bond acceptors (Lipinski definition) is 7. The standard InChI is InChI=1S/C16H20F2N2O7S/c1-25-12-5-3-4-11(14(12)27-16(17)18)15(22)26-10-13(21)19-6-8-20(9-7-19)28(2,23)24/h3-5,16H,6-10H2,1-2H3. The van der Waals surface area contributed by atoms with Crippen LogP contribution in [0.3, 0.4) is 0 Å². The van der Waals surface area contributed by atoms with Crippen molar-refractivity contribution in [3.63, 3.8) is 0 Å². The lowest BCUT2D eigenvalue weighted by Crippen LogP contribution is -2.51. The minimum Gasteiger partial charge on any atom is -0.493 e. The molecule has 1 heterocycles. The first-order valence-electron chi connectivity index (χ1n) is 8.15. The van der Waals surface area contributed by atoms with Crippen molar-refractivity contribution < 1.29 is 41.0 Å². The quantitative estimate of drug-likeness (QED) is 0.592. The van der Waals surface area contributed by atoms with Crippen molar-refractivity contribution in [2.24, 2.45) is 0 Å². The van der Waals surface area contributed by atoms with Gasteiger partial charge in [0.25, 0.3) is 5.91 Å². The molecule has 0 aromatic heterocycles. The molecule has 1 aliphatic heterocycles. The van der Waals surface area contributed by atoms with Gasteiger partial charge >= 0.3 is 12.6 Å².